The van der Waals surface area contributed by atoms with Crippen LogP contribution in [0.4, 0.5) is 4.39 Å². The molecule has 0 spiro atoms. The maximum Gasteiger partial charge on any atom is 0.263 e. The zero-order valence-corrected chi connectivity index (χ0v) is 16.9. The van der Waals surface area contributed by atoms with Crippen molar-refractivity contribution in [1.29, 1.82) is 0 Å². The summed E-state index contributed by atoms with van der Waals surface area (Å²) in [6, 6.07) is 14.1. The molecule has 1 aliphatic rings. The Morgan fingerprint density at radius 1 is 1.25 bits per heavy atom. The van der Waals surface area contributed by atoms with Crippen molar-refractivity contribution < 1.29 is 13.9 Å². The fraction of sp³-hybridized carbons (Fsp3) is 0.238. The molecule has 1 amide bonds. The lowest BCUT2D eigenvalue weighted by Crippen LogP contribution is -2.30. The van der Waals surface area contributed by atoms with Crippen LogP contribution in [0.25, 0.3) is 0 Å². The van der Waals surface area contributed by atoms with Gasteiger partial charge in [0.1, 0.15) is 28.1 Å². The second-order valence-electron chi connectivity index (χ2n) is 6.47. The van der Waals surface area contributed by atoms with Gasteiger partial charge in [-0.25, -0.2) is 9.37 Å². The van der Waals surface area contributed by atoms with Crippen LogP contribution in [-0.2, 0) is 6.61 Å². The monoisotopic (exact) mass is 414 g/mol. The van der Waals surface area contributed by atoms with Gasteiger partial charge in [-0.1, -0.05) is 18.2 Å². The summed E-state index contributed by atoms with van der Waals surface area (Å²) in [5.74, 6) is 1.14. The normalized spacial score (nSPS) is 15.7. The molecule has 3 aromatic rings. The van der Waals surface area contributed by atoms with Crippen molar-refractivity contribution in [3.05, 3.63) is 75.5 Å². The fourth-order valence-corrected chi connectivity index (χ4v) is 5.12. The van der Waals surface area contributed by atoms with Gasteiger partial charge in [0.15, 0.2) is 0 Å². The van der Waals surface area contributed by atoms with Crippen LogP contribution in [0.1, 0.15) is 38.4 Å². The van der Waals surface area contributed by atoms with E-state index in [9.17, 15) is 9.18 Å². The number of carbonyl (C=O) groups excluding carboxylic acids is 1. The predicted molar refractivity (Wildman–Crippen MR) is 110 cm³/mol. The minimum Gasteiger partial charge on any atom is -0.486 e. The third kappa shape index (κ3) is 4.20. The Kier molecular flexibility index (Phi) is 5.64. The van der Waals surface area contributed by atoms with Gasteiger partial charge in [-0.05, 0) is 49.2 Å². The molecular weight excluding hydrogens is 395 g/mol. The number of aryl methyl sites for hydroxylation is 1. The minimum atomic E-state index is -0.306. The Labute approximate surface area is 171 Å². The van der Waals surface area contributed by atoms with Crippen molar-refractivity contribution >= 4 is 29.0 Å². The van der Waals surface area contributed by atoms with E-state index in [0.29, 0.717) is 21.3 Å². The van der Waals surface area contributed by atoms with Crippen LogP contribution in [0.15, 0.2) is 53.4 Å². The van der Waals surface area contributed by atoms with Crippen molar-refractivity contribution in [3.63, 3.8) is 0 Å². The number of nitrogens with zero attached hydrogens (tertiary/aromatic N) is 1. The molecule has 4 nitrogen and oxygen atoms in total. The van der Waals surface area contributed by atoms with Gasteiger partial charge >= 0.3 is 0 Å². The predicted octanol–water partition coefficient (Wildman–Crippen LogP) is 5.14. The van der Waals surface area contributed by atoms with Gasteiger partial charge in [0, 0.05) is 10.6 Å². The molecule has 0 aliphatic carbocycles. The van der Waals surface area contributed by atoms with E-state index < -0.39 is 0 Å². The molecule has 0 saturated heterocycles. The van der Waals surface area contributed by atoms with E-state index in [0.717, 1.165) is 12.2 Å². The Morgan fingerprint density at radius 2 is 2.04 bits per heavy atom. The fourth-order valence-electron chi connectivity index (χ4n) is 3.12. The summed E-state index contributed by atoms with van der Waals surface area (Å²) < 4.78 is 18.6. The first-order valence-electron chi connectivity index (χ1n) is 8.97. The largest absolute Gasteiger partial charge is 0.486 e. The van der Waals surface area contributed by atoms with Gasteiger partial charge < -0.3 is 10.1 Å². The molecule has 1 aliphatic heterocycles. The lowest BCUT2D eigenvalue weighted by molar-refractivity contribution is 0.0938. The van der Waals surface area contributed by atoms with Gasteiger partial charge in [0.2, 0.25) is 0 Å². The molecule has 2 heterocycles. The SMILES string of the molecule is Cc1nc(COc2ccc(F)cc2)sc1C(=O)NC1CCSc2ccccc21. The standard InChI is InChI=1S/C21H19FN2O2S2/c1-13-20(28-19(23-13)12-26-15-8-6-14(22)7-9-15)21(25)24-17-10-11-27-18-5-3-2-4-16(17)18/h2-9,17H,10-12H2,1H3,(H,24,25). The molecule has 1 atom stereocenters. The van der Waals surface area contributed by atoms with Crippen LogP contribution in [0.2, 0.25) is 0 Å². The number of rotatable bonds is 5. The van der Waals surface area contributed by atoms with Gasteiger partial charge in [-0.2, -0.15) is 0 Å². The molecular formula is C21H19FN2O2S2. The first-order chi connectivity index (χ1) is 13.6. The number of benzene rings is 2. The number of hydrogen-bond acceptors (Lipinski definition) is 5. The highest BCUT2D eigenvalue weighted by Crippen LogP contribution is 2.36. The Morgan fingerprint density at radius 3 is 2.86 bits per heavy atom. The maximum absolute atomic E-state index is 13.0. The van der Waals surface area contributed by atoms with Gasteiger partial charge in [-0.15, -0.1) is 23.1 Å². The van der Waals surface area contributed by atoms with E-state index in [4.69, 9.17) is 4.74 Å². The van der Waals surface area contributed by atoms with Crippen LogP contribution in [0.5, 0.6) is 5.75 Å². The number of nitrogens with one attached hydrogen (secondary N) is 1. The summed E-state index contributed by atoms with van der Waals surface area (Å²) in [5, 5.41) is 3.88. The highest BCUT2D eigenvalue weighted by Gasteiger charge is 2.24. The number of amides is 1. The molecule has 4 rings (SSSR count). The Hall–Kier alpha value is -2.38. The minimum absolute atomic E-state index is 0.0189. The summed E-state index contributed by atoms with van der Waals surface area (Å²) in [6.07, 6.45) is 0.909. The number of halogens is 1. The lowest BCUT2D eigenvalue weighted by atomic mass is 10.0. The summed E-state index contributed by atoms with van der Waals surface area (Å²) in [4.78, 5) is 19.1. The smallest absolute Gasteiger partial charge is 0.263 e. The molecule has 2 aromatic carbocycles. The first-order valence-corrected chi connectivity index (χ1v) is 10.8. The quantitative estimate of drug-likeness (QED) is 0.628. The summed E-state index contributed by atoms with van der Waals surface area (Å²) in [5.41, 5.74) is 1.87. The van der Waals surface area contributed by atoms with Gasteiger partial charge in [-0.3, -0.25) is 4.79 Å². The van der Waals surface area contributed by atoms with Crippen molar-refractivity contribution in [1.82, 2.24) is 10.3 Å². The molecule has 28 heavy (non-hydrogen) atoms. The molecule has 1 aromatic heterocycles. The van der Waals surface area contributed by atoms with Crippen LogP contribution in [0.3, 0.4) is 0 Å². The van der Waals surface area contributed by atoms with Crippen LogP contribution >= 0.6 is 23.1 Å². The summed E-state index contributed by atoms with van der Waals surface area (Å²) in [7, 11) is 0. The zero-order valence-electron chi connectivity index (χ0n) is 15.3. The number of thiazole rings is 1. The van der Waals surface area contributed by atoms with Crippen molar-refractivity contribution in [2.45, 2.75) is 30.9 Å². The Bertz CT molecular complexity index is 988. The van der Waals surface area contributed by atoms with Crippen LogP contribution in [-0.4, -0.2) is 16.6 Å². The molecule has 1 N–H and O–H groups in total. The zero-order chi connectivity index (χ0) is 19.5. The van der Waals surface area contributed by atoms with E-state index in [2.05, 4.69) is 22.4 Å². The molecule has 144 valence electrons. The number of ether oxygens (including phenoxy) is 1. The van der Waals surface area contributed by atoms with E-state index in [1.165, 1.54) is 33.9 Å². The average molecular weight is 415 g/mol. The summed E-state index contributed by atoms with van der Waals surface area (Å²) >= 11 is 3.16. The van der Waals surface area contributed by atoms with Crippen LogP contribution in [0, 0.1) is 12.7 Å². The van der Waals surface area contributed by atoms with Crippen LogP contribution < -0.4 is 10.1 Å². The van der Waals surface area contributed by atoms with Gasteiger partial charge in [0.05, 0.1) is 11.7 Å². The number of carbonyl (C=O) groups is 1. The molecule has 1 unspecified atom stereocenters. The first kappa shape index (κ1) is 19.0. The van der Waals surface area contributed by atoms with E-state index in [1.807, 2.05) is 30.8 Å². The maximum atomic E-state index is 13.0. The highest BCUT2D eigenvalue weighted by molar-refractivity contribution is 7.99. The highest BCUT2D eigenvalue weighted by atomic mass is 32.2. The number of hydrogen-bond donors (Lipinski definition) is 1. The molecule has 0 bridgehead atoms. The topological polar surface area (TPSA) is 51.2 Å². The lowest BCUT2D eigenvalue weighted by Gasteiger charge is -2.25. The van der Waals surface area contributed by atoms with Crippen molar-refractivity contribution in [3.8, 4) is 5.75 Å². The molecule has 0 saturated carbocycles. The van der Waals surface area contributed by atoms with E-state index >= 15 is 0 Å². The third-order valence-electron chi connectivity index (χ3n) is 4.49. The second-order valence-corrected chi connectivity index (χ2v) is 8.69. The molecule has 0 radical (unpaired) electrons. The summed E-state index contributed by atoms with van der Waals surface area (Å²) in [6.45, 7) is 2.07. The third-order valence-corrected chi connectivity index (χ3v) is 6.74. The van der Waals surface area contributed by atoms with Crippen molar-refractivity contribution in [2.75, 3.05) is 5.75 Å². The van der Waals surface area contributed by atoms with Gasteiger partial charge in [0.25, 0.3) is 5.91 Å². The van der Waals surface area contributed by atoms with E-state index in [-0.39, 0.29) is 24.4 Å². The number of aromatic nitrogens is 1. The van der Waals surface area contributed by atoms with Crippen molar-refractivity contribution in [2.24, 2.45) is 0 Å². The number of thioether (sulfide) groups is 1. The average Bonchev–Trinajstić information content (AvgIpc) is 3.08. The molecule has 0 fully saturated rings. The molecule has 7 heteroatoms. The second kappa shape index (κ2) is 8.32. The number of fused-ring (bicyclic) bond motifs is 1. The Balaban J connectivity index is 1.43. The van der Waals surface area contributed by atoms with E-state index in [1.54, 1.807) is 12.1 Å².